The molecule has 0 fully saturated rings. The molecule has 0 radical (unpaired) electrons. The van der Waals surface area contributed by atoms with E-state index in [1.54, 1.807) is 11.3 Å². The van der Waals surface area contributed by atoms with Gasteiger partial charge in [0.05, 0.1) is 11.9 Å². The van der Waals surface area contributed by atoms with E-state index in [4.69, 9.17) is 0 Å². The fourth-order valence-corrected chi connectivity index (χ4v) is 3.35. The van der Waals surface area contributed by atoms with Gasteiger partial charge in [-0.15, -0.1) is 17.0 Å². The molecule has 0 aliphatic rings. The summed E-state index contributed by atoms with van der Waals surface area (Å²) in [5.74, 6) is -0.0807. The van der Waals surface area contributed by atoms with Crippen LogP contribution in [0.15, 0.2) is 60.8 Å². The quantitative estimate of drug-likeness (QED) is 0.530. The van der Waals surface area contributed by atoms with E-state index in [1.807, 2.05) is 65.3 Å². The highest BCUT2D eigenvalue weighted by Gasteiger charge is 2.11. The summed E-state index contributed by atoms with van der Waals surface area (Å²) in [4.78, 5) is 16.6. The molecule has 126 valence electrons. The Labute approximate surface area is 159 Å². The molecule has 4 aromatic rings. The molecule has 2 aromatic carbocycles. The zero-order valence-electron chi connectivity index (χ0n) is 13.3. The van der Waals surface area contributed by atoms with Gasteiger partial charge in [0.25, 0.3) is 0 Å². The first kappa shape index (κ1) is 17.3. The maximum atomic E-state index is 11.1. The minimum Gasteiger partial charge on any atom is -0.326 e. The van der Waals surface area contributed by atoms with Crippen LogP contribution in [0.1, 0.15) is 6.92 Å². The molecule has 0 aliphatic carbocycles. The number of benzene rings is 2. The number of nitrogens with one attached hydrogen (secondary N) is 1. The third-order valence-corrected chi connectivity index (χ3v) is 4.54. The minimum atomic E-state index is -0.0807. The summed E-state index contributed by atoms with van der Waals surface area (Å²) >= 11 is 1.56. The van der Waals surface area contributed by atoms with Crippen molar-refractivity contribution in [1.82, 2.24) is 14.6 Å². The lowest BCUT2D eigenvalue weighted by molar-refractivity contribution is -0.114. The van der Waals surface area contributed by atoms with E-state index in [-0.39, 0.29) is 22.9 Å². The number of rotatable bonds is 3. The first-order valence-corrected chi connectivity index (χ1v) is 8.30. The van der Waals surface area contributed by atoms with E-state index in [9.17, 15) is 4.79 Å². The summed E-state index contributed by atoms with van der Waals surface area (Å²) in [6.45, 7) is 1.49. The fraction of sp³-hybridized carbons (Fsp3) is 0.0556. The SMILES string of the molecule is Br.CC(=O)Nc1ccc(-c2cn3nc(-c4ccccc4)sc3n2)cc1. The molecule has 0 aliphatic heterocycles. The number of halogens is 1. The Balaban J connectivity index is 0.00000182. The van der Waals surface area contributed by atoms with Crippen LogP contribution in [0, 0.1) is 0 Å². The lowest BCUT2D eigenvalue weighted by Gasteiger charge is -2.02. The van der Waals surface area contributed by atoms with Crippen molar-refractivity contribution in [3.8, 4) is 21.8 Å². The van der Waals surface area contributed by atoms with Crippen molar-refractivity contribution in [1.29, 1.82) is 0 Å². The summed E-state index contributed by atoms with van der Waals surface area (Å²) < 4.78 is 1.81. The second kappa shape index (κ2) is 7.16. The summed E-state index contributed by atoms with van der Waals surface area (Å²) in [6, 6.07) is 17.7. The van der Waals surface area contributed by atoms with Gasteiger partial charge in [-0.25, -0.2) is 9.50 Å². The van der Waals surface area contributed by atoms with E-state index < -0.39 is 0 Å². The van der Waals surface area contributed by atoms with Gasteiger partial charge in [0.2, 0.25) is 10.9 Å². The van der Waals surface area contributed by atoms with Gasteiger partial charge in [0.1, 0.15) is 5.01 Å². The van der Waals surface area contributed by atoms with Crippen molar-refractivity contribution in [3.05, 3.63) is 60.8 Å². The Hall–Kier alpha value is -2.51. The number of anilines is 1. The molecule has 0 atom stereocenters. The molecule has 4 rings (SSSR count). The standard InChI is InChI=1S/C18H14N4OS.BrH/c1-12(23)19-15-9-7-13(8-10-15)16-11-22-18(20-16)24-17(21-22)14-5-3-2-4-6-14;/h2-11H,1H3,(H,19,23);1H. The number of carbonyl (C=O) groups excluding carboxylic acids is 1. The Bertz CT molecular complexity index is 977. The van der Waals surface area contributed by atoms with Gasteiger partial charge < -0.3 is 5.32 Å². The molecule has 0 bridgehead atoms. The molecule has 5 nitrogen and oxygen atoms in total. The monoisotopic (exact) mass is 414 g/mol. The van der Waals surface area contributed by atoms with Crippen LogP contribution in [-0.4, -0.2) is 20.5 Å². The predicted molar refractivity (Wildman–Crippen MR) is 106 cm³/mol. The number of fused-ring (bicyclic) bond motifs is 1. The normalized spacial score (nSPS) is 10.4. The lowest BCUT2D eigenvalue weighted by atomic mass is 10.1. The summed E-state index contributed by atoms with van der Waals surface area (Å²) in [6.07, 6.45) is 1.92. The molecule has 0 saturated carbocycles. The van der Waals surface area contributed by atoms with Crippen LogP contribution in [0.4, 0.5) is 5.69 Å². The van der Waals surface area contributed by atoms with E-state index in [2.05, 4.69) is 15.4 Å². The Morgan fingerprint density at radius 1 is 1.04 bits per heavy atom. The number of hydrogen-bond donors (Lipinski definition) is 1. The molecule has 0 saturated heterocycles. The van der Waals surface area contributed by atoms with Crippen LogP contribution >= 0.6 is 28.3 Å². The number of amides is 1. The van der Waals surface area contributed by atoms with E-state index in [0.29, 0.717) is 0 Å². The third kappa shape index (κ3) is 3.62. The molecule has 0 spiro atoms. The highest BCUT2D eigenvalue weighted by Crippen LogP contribution is 2.28. The second-order valence-corrected chi connectivity index (χ2v) is 6.34. The number of hydrogen-bond acceptors (Lipinski definition) is 4. The van der Waals surface area contributed by atoms with Crippen LogP contribution < -0.4 is 5.32 Å². The van der Waals surface area contributed by atoms with Crippen LogP contribution in [-0.2, 0) is 4.79 Å². The second-order valence-electron chi connectivity index (χ2n) is 5.39. The first-order valence-electron chi connectivity index (χ1n) is 7.49. The first-order chi connectivity index (χ1) is 11.7. The maximum Gasteiger partial charge on any atom is 0.221 e. The molecule has 1 amide bonds. The number of carbonyl (C=O) groups is 1. The zero-order chi connectivity index (χ0) is 16.5. The minimum absolute atomic E-state index is 0. The number of imidazole rings is 1. The Morgan fingerprint density at radius 3 is 2.40 bits per heavy atom. The molecule has 0 unspecified atom stereocenters. The number of aromatic nitrogens is 3. The van der Waals surface area contributed by atoms with Gasteiger partial charge in [-0.1, -0.05) is 53.8 Å². The topological polar surface area (TPSA) is 59.3 Å². The van der Waals surface area contributed by atoms with Crippen molar-refractivity contribution >= 4 is 44.9 Å². The van der Waals surface area contributed by atoms with Crippen molar-refractivity contribution in [2.75, 3.05) is 5.32 Å². The highest BCUT2D eigenvalue weighted by atomic mass is 79.9. The molecule has 25 heavy (non-hydrogen) atoms. The van der Waals surface area contributed by atoms with Gasteiger partial charge in [0, 0.05) is 23.7 Å². The van der Waals surface area contributed by atoms with Gasteiger partial charge >= 0.3 is 0 Å². The van der Waals surface area contributed by atoms with Gasteiger partial charge in [-0.3, -0.25) is 4.79 Å². The Kier molecular flexibility index (Phi) is 4.96. The predicted octanol–water partition coefficient (Wildman–Crippen LogP) is 4.66. The van der Waals surface area contributed by atoms with Crippen LogP contribution in [0.5, 0.6) is 0 Å². The summed E-state index contributed by atoms with van der Waals surface area (Å²) in [5.41, 5.74) is 3.72. The average Bonchev–Trinajstić information content (AvgIpc) is 3.15. The summed E-state index contributed by atoms with van der Waals surface area (Å²) in [5, 5.41) is 8.31. The highest BCUT2D eigenvalue weighted by molar-refractivity contribution is 8.93. The van der Waals surface area contributed by atoms with Crippen LogP contribution in [0.3, 0.4) is 0 Å². The molecule has 7 heteroatoms. The smallest absolute Gasteiger partial charge is 0.221 e. The van der Waals surface area contributed by atoms with Crippen LogP contribution in [0.2, 0.25) is 0 Å². The molecule has 2 aromatic heterocycles. The van der Waals surface area contributed by atoms with E-state index in [1.165, 1.54) is 6.92 Å². The van der Waals surface area contributed by atoms with Crippen molar-refractivity contribution in [2.24, 2.45) is 0 Å². The Morgan fingerprint density at radius 2 is 1.76 bits per heavy atom. The fourth-order valence-electron chi connectivity index (χ4n) is 2.46. The molecule has 2 heterocycles. The van der Waals surface area contributed by atoms with E-state index >= 15 is 0 Å². The third-order valence-electron chi connectivity index (χ3n) is 3.56. The van der Waals surface area contributed by atoms with Crippen molar-refractivity contribution < 1.29 is 4.79 Å². The molecular weight excluding hydrogens is 400 g/mol. The zero-order valence-corrected chi connectivity index (χ0v) is 15.9. The maximum absolute atomic E-state index is 11.1. The lowest BCUT2D eigenvalue weighted by Crippen LogP contribution is -2.05. The average molecular weight is 415 g/mol. The van der Waals surface area contributed by atoms with Crippen molar-refractivity contribution in [2.45, 2.75) is 6.92 Å². The van der Waals surface area contributed by atoms with Gasteiger partial charge in [-0.2, -0.15) is 5.10 Å². The van der Waals surface area contributed by atoms with Crippen molar-refractivity contribution in [3.63, 3.8) is 0 Å². The largest absolute Gasteiger partial charge is 0.326 e. The molecule has 1 N–H and O–H groups in total. The van der Waals surface area contributed by atoms with Gasteiger partial charge in [-0.05, 0) is 12.1 Å². The van der Waals surface area contributed by atoms with Crippen LogP contribution in [0.25, 0.3) is 26.8 Å². The summed E-state index contributed by atoms with van der Waals surface area (Å²) in [7, 11) is 0. The van der Waals surface area contributed by atoms with Gasteiger partial charge in [0.15, 0.2) is 0 Å². The van der Waals surface area contributed by atoms with E-state index in [0.717, 1.165) is 32.5 Å². The molecular formula is C18H15BrN4OS. The number of nitrogens with zero attached hydrogens (tertiary/aromatic N) is 3.